The number of benzene rings is 1. The van der Waals surface area contributed by atoms with Gasteiger partial charge in [-0.25, -0.2) is 0 Å². The highest BCUT2D eigenvalue weighted by atomic mass is 16.1. The zero-order valence-electron chi connectivity index (χ0n) is 6.45. The van der Waals surface area contributed by atoms with Crippen molar-refractivity contribution in [2.45, 2.75) is 6.92 Å². The molecule has 1 aromatic rings. The largest absolute Gasteiger partial charge is 0.299 e. The summed E-state index contributed by atoms with van der Waals surface area (Å²) in [7, 11) is 0. The van der Waals surface area contributed by atoms with E-state index in [-0.39, 0.29) is 0 Å². The van der Waals surface area contributed by atoms with Crippen molar-refractivity contribution in [2.24, 2.45) is 0 Å². The van der Waals surface area contributed by atoms with Crippen LogP contribution in [0.25, 0.3) is 6.08 Å². The minimum atomic E-state index is 0.780. The lowest BCUT2D eigenvalue weighted by Crippen LogP contribution is -1.74. The molecule has 0 unspecified atom stereocenters. The molecule has 0 aromatic heterocycles. The summed E-state index contributed by atoms with van der Waals surface area (Å²) in [6.45, 7) is 2.03. The molecule has 0 N–H and O–H groups in total. The first kappa shape index (κ1) is 7.73. The van der Waals surface area contributed by atoms with Gasteiger partial charge in [0.25, 0.3) is 0 Å². The van der Waals surface area contributed by atoms with E-state index in [9.17, 15) is 4.79 Å². The van der Waals surface area contributed by atoms with Gasteiger partial charge in [-0.2, -0.15) is 0 Å². The Morgan fingerprint density at radius 2 is 2.18 bits per heavy atom. The molecule has 1 nitrogen and oxygen atoms in total. The van der Waals surface area contributed by atoms with E-state index in [2.05, 4.69) is 0 Å². The Morgan fingerprint density at radius 1 is 1.36 bits per heavy atom. The number of allylic oxidation sites excluding steroid dienone is 1. The third-order valence-corrected chi connectivity index (χ3v) is 1.41. The number of hydrogen-bond donors (Lipinski definition) is 0. The number of rotatable bonds is 2. The van der Waals surface area contributed by atoms with Crippen LogP contribution in [0.2, 0.25) is 0 Å². The van der Waals surface area contributed by atoms with Gasteiger partial charge >= 0.3 is 0 Å². The van der Waals surface area contributed by atoms with E-state index in [4.69, 9.17) is 0 Å². The Hall–Kier alpha value is -1.37. The van der Waals surface area contributed by atoms with Gasteiger partial charge in [0, 0.05) is 0 Å². The summed E-state index contributed by atoms with van der Waals surface area (Å²) >= 11 is 0. The molecule has 0 saturated carbocycles. The van der Waals surface area contributed by atoms with E-state index in [1.54, 1.807) is 6.08 Å². The number of aryl methyl sites for hydroxylation is 1. The van der Waals surface area contributed by atoms with Crippen LogP contribution in [0, 0.1) is 6.92 Å². The minimum absolute atomic E-state index is 0.780. The summed E-state index contributed by atoms with van der Waals surface area (Å²) in [4.78, 5) is 9.98. The molecule has 1 heteroatoms. The van der Waals surface area contributed by atoms with Crippen LogP contribution in [0.15, 0.2) is 30.3 Å². The highest BCUT2D eigenvalue weighted by Gasteiger charge is 1.85. The SMILES string of the molecule is Cc1cccc(/C=C/C=O)c1. The maximum Gasteiger partial charge on any atom is 0.142 e. The molecule has 0 aliphatic carbocycles. The van der Waals surface area contributed by atoms with Crippen molar-refractivity contribution in [3.8, 4) is 0 Å². The standard InChI is InChI=1S/C10H10O/c1-9-4-2-5-10(8-9)6-3-7-11/h2-8H,1H3/b6-3+. The fourth-order valence-corrected chi connectivity index (χ4v) is 0.924. The lowest BCUT2D eigenvalue weighted by Gasteiger charge is -1.93. The van der Waals surface area contributed by atoms with Crippen LogP contribution in [-0.2, 0) is 4.79 Å². The topological polar surface area (TPSA) is 17.1 Å². The van der Waals surface area contributed by atoms with Gasteiger partial charge in [0.2, 0.25) is 0 Å². The van der Waals surface area contributed by atoms with Crippen molar-refractivity contribution in [1.29, 1.82) is 0 Å². The molecule has 0 fully saturated rings. The third-order valence-electron chi connectivity index (χ3n) is 1.41. The normalized spacial score (nSPS) is 10.3. The molecule has 1 rings (SSSR count). The summed E-state index contributed by atoms with van der Waals surface area (Å²) in [6, 6.07) is 7.99. The highest BCUT2D eigenvalue weighted by Crippen LogP contribution is 2.04. The number of hydrogen-bond acceptors (Lipinski definition) is 1. The Bertz CT molecular complexity index is 274. The average Bonchev–Trinajstić information content (AvgIpc) is 2.01. The summed E-state index contributed by atoms with van der Waals surface area (Å²) in [5, 5.41) is 0. The molecule has 56 valence electrons. The van der Waals surface area contributed by atoms with Gasteiger partial charge < -0.3 is 0 Å². The van der Waals surface area contributed by atoms with E-state index < -0.39 is 0 Å². The van der Waals surface area contributed by atoms with Crippen molar-refractivity contribution in [1.82, 2.24) is 0 Å². The van der Waals surface area contributed by atoms with Crippen molar-refractivity contribution >= 4 is 12.4 Å². The molecule has 0 aliphatic rings. The molecule has 0 atom stereocenters. The molecule has 0 radical (unpaired) electrons. The predicted molar refractivity (Wildman–Crippen MR) is 46.3 cm³/mol. The van der Waals surface area contributed by atoms with Gasteiger partial charge in [-0.15, -0.1) is 0 Å². The van der Waals surface area contributed by atoms with E-state index in [0.29, 0.717) is 0 Å². The predicted octanol–water partition coefficient (Wildman–Crippen LogP) is 2.21. The van der Waals surface area contributed by atoms with Crippen LogP contribution < -0.4 is 0 Å². The van der Waals surface area contributed by atoms with Crippen LogP contribution in [-0.4, -0.2) is 6.29 Å². The fraction of sp³-hybridized carbons (Fsp3) is 0.100. The first-order valence-electron chi connectivity index (χ1n) is 3.51. The van der Waals surface area contributed by atoms with Gasteiger partial charge in [-0.3, -0.25) is 4.79 Å². The molecule has 0 saturated heterocycles. The fourth-order valence-electron chi connectivity index (χ4n) is 0.924. The number of carbonyl (C=O) groups excluding carboxylic acids is 1. The maximum absolute atomic E-state index is 9.98. The van der Waals surface area contributed by atoms with Gasteiger partial charge in [0.1, 0.15) is 6.29 Å². The molecule has 0 spiro atoms. The zero-order chi connectivity index (χ0) is 8.10. The summed E-state index contributed by atoms with van der Waals surface area (Å²) in [5.41, 5.74) is 2.27. The Kier molecular flexibility index (Phi) is 2.61. The van der Waals surface area contributed by atoms with Crippen molar-refractivity contribution in [3.05, 3.63) is 41.5 Å². The van der Waals surface area contributed by atoms with Crippen LogP contribution in [0.4, 0.5) is 0 Å². The molecule has 1 aromatic carbocycles. The smallest absolute Gasteiger partial charge is 0.142 e. The van der Waals surface area contributed by atoms with Crippen molar-refractivity contribution < 1.29 is 4.79 Å². The molecule has 0 aliphatic heterocycles. The third kappa shape index (κ3) is 2.38. The van der Waals surface area contributed by atoms with Crippen LogP contribution in [0.1, 0.15) is 11.1 Å². The van der Waals surface area contributed by atoms with E-state index in [0.717, 1.165) is 11.8 Å². The van der Waals surface area contributed by atoms with Gasteiger partial charge in [0.05, 0.1) is 0 Å². The Morgan fingerprint density at radius 3 is 2.82 bits per heavy atom. The Labute approximate surface area is 66.4 Å². The molecule has 11 heavy (non-hydrogen) atoms. The molecular weight excluding hydrogens is 136 g/mol. The van der Waals surface area contributed by atoms with Crippen LogP contribution in [0.5, 0.6) is 0 Å². The average molecular weight is 146 g/mol. The lowest BCUT2D eigenvalue weighted by atomic mass is 10.1. The van der Waals surface area contributed by atoms with Gasteiger partial charge in [-0.1, -0.05) is 35.9 Å². The summed E-state index contributed by atoms with van der Waals surface area (Å²) < 4.78 is 0. The quantitative estimate of drug-likeness (QED) is 0.461. The van der Waals surface area contributed by atoms with Gasteiger partial charge in [0.15, 0.2) is 0 Å². The minimum Gasteiger partial charge on any atom is -0.299 e. The lowest BCUT2D eigenvalue weighted by molar-refractivity contribution is -0.104. The highest BCUT2D eigenvalue weighted by molar-refractivity contribution is 5.73. The molecule has 0 heterocycles. The summed E-state index contributed by atoms with van der Waals surface area (Å²) in [5.74, 6) is 0. The molecular formula is C10H10O. The maximum atomic E-state index is 9.98. The van der Waals surface area contributed by atoms with Gasteiger partial charge in [-0.05, 0) is 18.6 Å². The van der Waals surface area contributed by atoms with Crippen LogP contribution >= 0.6 is 0 Å². The second kappa shape index (κ2) is 3.71. The second-order valence-corrected chi connectivity index (χ2v) is 2.41. The van der Waals surface area contributed by atoms with Crippen LogP contribution in [0.3, 0.4) is 0 Å². The first-order chi connectivity index (χ1) is 5.33. The van der Waals surface area contributed by atoms with Crippen molar-refractivity contribution in [3.63, 3.8) is 0 Å². The van der Waals surface area contributed by atoms with E-state index >= 15 is 0 Å². The first-order valence-corrected chi connectivity index (χ1v) is 3.51. The van der Waals surface area contributed by atoms with Crippen molar-refractivity contribution in [2.75, 3.05) is 0 Å². The van der Waals surface area contributed by atoms with E-state index in [1.807, 2.05) is 31.2 Å². The van der Waals surface area contributed by atoms with E-state index in [1.165, 1.54) is 11.6 Å². The molecule has 0 bridgehead atoms. The monoisotopic (exact) mass is 146 g/mol. The second-order valence-electron chi connectivity index (χ2n) is 2.41. The molecule has 0 amide bonds. The summed E-state index contributed by atoms with van der Waals surface area (Å²) in [6.07, 6.45) is 4.07. The zero-order valence-corrected chi connectivity index (χ0v) is 6.45. The number of aldehydes is 1. The Balaban J connectivity index is 2.87. The number of carbonyl (C=O) groups is 1.